The second-order valence-corrected chi connectivity index (χ2v) is 5.49. The third-order valence-corrected chi connectivity index (χ3v) is 3.57. The molecule has 1 heterocycles. The van der Waals surface area contributed by atoms with E-state index in [-0.39, 0.29) is 0 Å². The summed E-state index contributed by atoms with van der Waals surface area (Å²) >= 11 is 3.44. The van der Waals surface area contributed by atoms with Crippen LogP contribution in [0.2, 0.25) is 0 Å². The lowest BCUT2D eigenvalue weighted by atomic mass is 10.1. The van der Waals surface area contributed by atoms with Crippen molar-refractivity contribution in [1.29, 1.82) is 0 Å². The van der Waals surface area contributed by atoms with Gasteiger partial charge < -0.3 is 4.98 Å². The molecule has 0 bridgehead atoms. The summed E-state index contributed by atoms with van der Waals surface area (Å²) in [5.74, 6) is 0.922. The summed E-state index contributed by atoms with van der Waals surface area (Å²) in [4.78, 5) is 8.07. The Morgan fingerprint density at radius 1 is 1.06 bits per heavy atom. The smallest absolute Gasteiger partial charge is 0.138 e. The van der Waals surface area contributed by atoms with Crippen LogP contribution < -0.4 is 0 Å². The minimum absolute atomic E-state index is 0.922. The van der Waals surface area contributed by atoms with Crippen LogP contribution in [0.5, 0.6) is 0 Å². The quantitative estimate of drug-likeness (QED) is 0.698. The van der Waals surface area contributed by atoms with E-state index in [1.165, 1.54) is 11.1 Å². The number of rotatable bonds is 1. The van der Waals surface area contributed by atoms with E-state index in [1.54, 1.807) is 0 Å². The van der Waals surface area contributed by atoms with Crippen LogP contribution in [0.1, 0.15) is 11.1 Å². The van der Waals surface area contributed by atoms with Crippen LogP contribution >= 0.6 is 15.9 Å². The Balaban J connectivity index is 2.19. The van der Waals surface area contributed by atoms with Crippen molar-refractivity contribution < 1.29 is 0 Å². The van der Waals surface area contributed by atoms with Crippen molar-refractivity contribution in [3.8, 4) is 11.4 Å². The molecule has 1 aromatic heterocycles. The van der Waals surface area contributed by atoms with Crippen molar-refractivity contribution >= 4 is 27.0 Å². The standard InChI is InChI=1S/C15H13BrN2/c1-9-7-10(2)14-13(8-9)17-15(18-14)11-3-5-12(16)6-4-11/h3-8H,1-2H3,(H,17,18). The van der Waals surface area contributed by atoms with Gasteiger partial charge in [0.2, 0.25) is 0 Å². The normalized spacial score (nSPS) is 11.1. The molecule has 1 N–H and O–H groups in total. The van der Waals surface area contributed by atoms with E-state index in [1.807, 2.05) is 12.1 Å². The van der Waals surface area contributed by atoms with Gasteiger partial charge in [-0.05, 0) is 43.2 Å². The van der Waals surface area contributed by atoms with Crippen molar-refractivity contribution in [2.24, 2.45) is 0 Å². The van der Waals surface area contributed by atoms with Crippen LogP contribution in [0.3, 0.4) is 0 Å². The van der Waals surface area contributed by atoms with Gasteiger partial charge in [0.1, 0.15) is 5.82 Å². The first-order valence-corrected chi connectivity index (χ1v) is 6.66. The maximum absolute atomic E-state index is 4.68. The lowest BCUT2D eigenvalue weighted by molar-refractivity contribution is 1.33. The molecular weight excluding hydrogens is 288 g/mol. The van der Waals surface area contributed by atoms with Crippen molar-refractivity contribution in [2.45, 2.75) is 13.8 Å². The summed E-state index contributed by atoms with van der Waals surface area (Å²) in [6.07, 6.45) is 0. The summed E-state index contributed by atoms with van der Waals surface area (Å²) < 4.78 is 1.08. The number of H-pyrrole nitrogens is 1. The third kappa shape index (κ3) is 1.95. The number of aromatic amines is 1. The van der Waals surface area contributed by atoms with Gasteiger partial charge >= 0.3 is 0 Å². The van der Waals surface area contributed by atoms with E-state index in [4.69, 9.17) is 0 Å². The number of fused-ring (bicyclic) bond motifs is 1. The molecule has 0 atom stereocenters. The molecule has 0 saturated heterocycles. The minimum atomic E-state index is 0.922. The Bertz CT molecular complexity index is 711. The van der Waals surface area contributed by atoms with Gasteiger partial charge in [0, 0.05) is 10.0 Å². The van der Waals surface area contributed by atoms with E-state index in [2.05, 4.69) is 64.0 Å². The van der Waals surface area contributed by atoms with Crippen LogP contribution in [0.15, 0.2) is 40.9 Å². The molecular formula is C15H13BrN2. The predicted molar refractivity (Wildman–Crippen MR) is 78.7 cm³/mol. The van der Waals surface area contributed by atoms with Crippen molar-refractivity contribution in [3.05, 3.63) is 52.0 Å². The van der Waals surface area contributed by atoms with Gasteiger partial charge in [-0.15, -0.1) is 0 Å². The summed E-state index contributed by atoms with van der Waals surface area (Å²) in [7, 11) is 0. The Morgan fingerprint density at radius 3 is 2.50 bits per heavy atom. The first-order chi connectivity index (χ1) is 8.63. The molecule has 0 spiro atoms. The second-order valence-electron chi connectivity index (χ2n) is 4.57. The summed E-state index contributed by atoms with van der Waals surface area (Å²) in [6, 6.07) is 12.5. The zero-order chi connectivity index (χ0) is 12.7. The zero-order valence-electron chi connectivity index (χ0n) is 10.3. The zero-order valence-corrected chi connectivity index (χ0v) is 11.9. The van der Waals surface area contributed by atoms with Gasteiger partial charge in [0.05, 0.1) is 11.0 Å². The highest BCUT2D eigenvalue weighted by atomic mass is 79.9. The van der Waals surface area contributed by atoms with Gasteiger partial charge in [-0.1, -0.05) is 34.1 Å². The van der Waals surface area contributed by atoms with Gasteiger partial charge in [-0.25, -0.2) is 4.98 Å². The monoisotopic (exact) mass is 300 g/mol. The first kappa shape index (κ1) is 11.5. The topological polar surface area (TPSA) is 28.7 Å². The molecule has 0 unspecified atom stereocenters. The number of aryl methyl sites for hydroxylation is 2. The molecule has 18 heavy (non-hydrogen) atoms. The summed E-state index contributed by atoms with van der Waals surface area (Å²) in [6.45, 7) is 4.20. The molecule has 2 aromatic carbocycles. The van der Waals surface area contributed by atoms with Crippen molar-refractivity contribution in [1.82, 2.24) is 9.97 Å². The van der Waals surface area contributed by atoms with E-state index in [0.29, 0.717) is 0 Å². The van der Waals surface area contributed by atoms with Gasteiger partial charge in [-0.2, -0.15) is 0 Å². The average Bonchev–Trinajstić information content (AvgIpc) is 2.74. The maximum Gasteiger partial charge on any atom is 0.138 e. The van der Waals surface area contributed by atoms with Crippen LogP contribution in [-0.2, 0) is 0 Å². The van der Waals surface area contributed by atoms with Gasteiger partial charge in [0.15, 0.2) is 0 Å². The lowest BCUT2D eigenvalue weighted by Crippen LogP contribution is -1.80. The number of nitrogens with one attached hydrogen (secondary N) is 1. The molecule has 0 saturated carbocycles. The molecule has 0 aliphatic heterocycles. The van der Waals surface area contributed by atoms with Gasteiger partial charge in [-0.3, -0.25) is 0 Å². The van der Waals surface area contributed by atoms with Crippen LogP contribution in [-0.4, -0.2) is 9.97 Å². The number of halogens is 1. The number of aromatic nitrogens is 2. The first-order valence-electron chi connectivity index (χ1n) is 5.86. The Hall–Kier alpha value is -1.61. The molecule has 0 fully saturated rings. The lowest BCUT2D eigenvalue weighted by Gasteiger charge is -1.96. The van der Waals surface area contributed by atoms with E-state index < -0.39 is 0 Å². The molecule has 0 aliphatic rings. The van der Waals surface area contributed by atoms with E-state index >= 15 is 0 Å². The fourth-order valence-electron chi connectivity index (χ4n) is 2.22. The maximum atomic E-state index is 4.68. The van der Waals surface area contributed by atoms with Crippen molar-refractivity contribution in [3.63, 3.8) is 0 Å². The molecule has 3 heteroatoms. The molecule has 0 aliphatic carbocycles. The fraction of sp³-hybridized carbons (Fsp3) is 0.133. The summed E-state index contributed by atoms with van der Waals surface area (Å²) in [5, 5.41) is 0. The number of hydrogen-bond donors (Lipinski definition) is 1. The Kier molecular flexibility index (Phi) is 2.71. The highest BCUT2D eigenvalue weighted by molar-refractivity contribution is 9.10. The molecule has 0 radical (unpaired) electrons. The number of hydrogen-bond acceptors (Lipinski definition) is 1. The molecule has 2 nitrogen and oxygen atoms in total. The summed E-state index contributed by atoms with van der Waals surface area (Å²) in [5.41, 5.74) is 5.73. The average molecular weight is 301 g/mol. The van der Waals surface area contributed by atoms with Crippen LogP contribution in [0.25, 0.3) is 22.4 Å². The van der Waals surface area contributed by atoms with Crippen molar-refractivity contribution in [2.75, 3.05) is 0 Å². The largest absolute Gasteiger partial charge is 0.338 e. The number of benzene rings is 2. The fourth-order valence-corrected chi connectivity index (χ4v) is 2.48. The second kappa shape index (κ2) is 4.25. The highest BCUT2D eigenvalue weighted by Crippen LogP contribution is 2.24. The van der Waals surface area contributed by atoms with E-state index in [9.17, 15) is 0 Å². The molecule has 3 aromatic rings. The molecule has 90 valence electrons. The van der Waals surface area contributed by atoms with Crippen LogP contribution in [0.4, 0.5) is 0 Å². The highest BCUT2D eigenvalue weighted by Gasteiger charge is 2.07. The Labute approximate surface area is 114 Å². The Morgan fingerprint density at radius 2 is 1.78 bits per heavy atom. The van der Waals surface area contributed by atoms with E-state index in [0.717, 1.165) is 26.9 Å². The number of imidazole rings is 1. The third-order valence-electron chi connectivity index (χ3n) is 3.04. The SMILES string of the molecule is Cc1cc(C)c2nc(-c3ccc(Br)cc3)[nH]c2c1. The van der Waals surface area contributed by atoms with Crippen LogP contribution in [0, 0.1) is 13.8 Å². The minimum Gasteiger partial charge on any atom is -0.338 e. The predicted octanol–water partition coefficient (Wildman–Crippen LogP) is 4.61. The van der Waals surface area contributed by atoms with Gasteiger partial charge in [0.25, 0.3) is 0 Å². The molecule has 0 amide bonds. The molecule has 3 rings (SSSR count). The number of nitrogens with zero attached hydrogens (tertiary/aromatic N) is 1.